The van der Waals surface area contributed by atoms with Gasteiger partial charge in [-0.15, -0.1) is 0 Å². The Balaban J connectivity index is 1.14. The maximum atomic E-state index is 6.72. The highest BCUT2D eigenvalue weighted by Crippen LogP contribution is 2.42. The molecule has 57 heavy (non-hydrogen) atoms. The molecule has 0 saturated heterocycles. The number of furan rings is 1. The Morgan fingerprint density at radius 2 is 0.877 bits per heavy atom. The first kappa shape index (κ1) is 31.6. The molecule has 0 spiro atoms. The van der Waals surface area contributed by atoms with Crippen LogP contribution in [0.2, 0.25) is 0 Å². The molecular weight excluding hydrogens is 697 g/mol. The first-order valence-corrected chi connectivity index (χ1v) is 19.3. The van der Waals surface area contributed by atoms with Crippen LogP contribution in [0.15, 0.2) is 199 Å². The third kappa shape index (κ3) is 4.82. The molecule has 0 atom stereocenters. The fraction of sp³-hybridized carbons (Fsp3) is 0. The quantitative estimate of drug-likeness (QED) is 0.177. The van der Waals surface area contributed by atoms with E-state index < -0.39 is 0 Å². The number of hydrogen-bond acceptors (Lipinski definition) is 3. The normalized spacial score (nSPS) is 11.9. The van der Waals surface area contributed by atoms with Crippen molar-refractivity contribution in [2.75, 3.05) is 0 Å². The first-order chi connectivity index (χ1) is 28.3. The Morgan fingerprint density at radius 1 is 0.368 bits per heavy atom. The Kier molecular flexibility index (Phi) is 6.86. The molecule has 12 rings (SSSR count). The summed E-state index contributed by atoms with van der Waals surface area (Å²) < 4.78 is 11.3. The largest absolute Gasteiger partial charge is 0.452 e. The van der Waals surface area contributed by atoms with E-state index in [4.69, 9.17) is 14.4 Å². The first-order valence-electron chi connectivity index (χ1n) is 19.3. The van der Waals surface area contributed by atoms with E-state index in [0.29, 0.717) is 11.5 Å². The molecule has 0 unspecified atom stereocenters. The van der Waals surface area contributed by atoms with E-state index in [1.165, 1.54) is 33.0 Å². The lowest BCUT2D eigenvalue weighted by Crippen LogP contribution is -2.04. The highest BCUT2D eigenvalue weighted by molar-refractivity contribution is 6.13. The smallest absolute Gasteiger partial charge is 0.236 e. The van der Waals surface area contributed by atoms with Crippen molar-refractivity contribution in [1.82, 2.24) is 19.1 Å². The second-order valence-corrected chi connectivity index (χ2v) is 14.6. The van der Waals surface area contributed by atoms with Crippen LogP contribution in [0.5, 0.6) is 0 Å². The zero-order valence-electron chi connectivity index (χ0n) is 30.7. The number of fused-ring (bicyclic) bond motifs is 9. The third-order valence-corrected chi connectivity index (χ3v) is 11.4. The molecule has 0 bridgehead atoms. The van der Waals surface area contributed by atoms with Gasteiger partial charge in [-0.1, -0.05) is 140 Å². The van der Waals surface area contributed by atoms with E-state index in [2.05, 4.69) is 185 Å². The summed E-state index contributed by atoms with van der Waals surface area (Å²) in [6.45, 7) is 0. The second kappa shape index (κ2) is 12.4. The van der Waals surface area contributed by atoms with Crippen LogP contribution in [0.3, 0.4) is 0 Å². The van der Waals surface area contributed by atoms with Crippen LogP contribution in [0.25, 0.3) is 111 Å². The van der Waals surface area contributed by atoms with E-state index in [1.54, 1.807) is 0 Å². The molecule has 0 radical (unpaired) electrons. The number of hydrogen-bond donors (Lipinski definition) is 0. The molecule has 4 aromatic heterocycles. The minimum absolute atomic E-state index is 0.590. The number of aromatic nitrogens is 4. The summed E-state index contributed by atoms with van der Waals surface area (Å²) in [5.41, 5.74) is 14.0. The SMILES string of the molecule is c1ccc(-c2ccc3c(c2)c2ccccc2n3-c2nc(-c3ccccc3-n3c4ccccc4c4cc(-c5ccccc5)ccc43)c3oc4ccccc4c3n2)cc1. The lowest BCUT2D eigenvalue weighted by molar-refractivity contribution is 0.666. The lowest BCUT2D eigenvalue weighted by Gasteiger charge is -2.15. The molecule has 0 amide bonds. The van der Waals surface area contributed by atoms with E-state index in [9.17, 15) is 0 Å². The van der Waals surface area contributed by atoms with Crippen LogP contribution in [0.4, 0.5) is 0 Å². The minimum atomic E-state index is 0.590. The van der Waals surface area contributed by atoms with E-state index >= 15 is 0 Å². The summed E-state index contributed by atoms with van der Waals surface area (Å²) in [6.07, 6.45) is 0. The van der Waals surface area contributed by atoms with Crippen molar-refractivity contribution in [2.24, 2.45) is 0 Å². The van der Waals surface area contributed by atoms with Crippen LogP contribution in [0, 0.1) is 0 Å². The minimum Gasteiger partial charge on any atom is -0.452 e. The molecular formula is C52H32N4O. The standard InChI is InChI=1S/C52H32N4O/c1-3-15-33(16-4-1)35-27-29-46-41(31-35)37-19-7-11-23-43(37)55(46)45-25-13-9-21-39(45)49-51-50(40-22-10-14-26-48(40)57-51)54-52(53-49)56-44-24-12-8-20-38(44)42-32-36(28-30-47(42)56)34-17-5-2-6-18-34/h1-32H. The molecule has 0 N–H and O–H groups in total. The van der Waals surface area contributed by atoms with Crippen molar-refractivity contribution in [2.45, 2.75) is 0 Å². The summed E-state index contributed by atoms with van der Waals surface area (Å²) in [5, 5.41) is 5.63. The van der Waals surface area contributed by atoms with Crippen LogP contribution in [-0.2, 0) is 0 Å². The average molecular weight is 729 g/mol. The molecule has 5 nitrogen and oxygen atoms in total. The monoisotopic (exact) mass is 728 g/mol. The van der Waals surface area contributed by atoms with Gasteiger partial charge < -0.3 is 8.98 Å². The van der Waals surface area contributed by atoms with Crippen molar-refractivity contribution in [1.29, 1.82) is 0 Å². The summed E-state index contributed by atoms with van der Waals surface area (Å²) in [6, 6.07) is 68.5. The highest BCUT2D eigenvalue weighted by Gasteiger charge is 2.24. The van der Waals surface area contributed by atoms with Gasteiger partial charge in [0, 0.05) is 32.5 Å². The number of rotatable bonds is 5. The topological polar surface area (TPSA) is 48.8 Å². The van der Waals surface area contributed by atoms with Crippen molar-refractivity contribution in [3.05, 3.63) is 194 Å². The van der Waals surface area contributed by atoms with Gasteiger partial charge in [0.15, 0.2) is 5.58 Å². The summed E-state index contributed by atoms with van der Waals surface area (Å²) in [7, 11) is 0. The average Bonchev–Trinajstić information content (AvgIpc) is 3.94. The van der Waals surface area contributed by atoms with Crippen molar-refractivity contribution < 1.29 is 4.42 Å². The number of para-hydroxylation sites is 4. The van der Waals surface area contributed by atoms with Gasteiger partial charge in [0.25, 0.3) is 0 Å². The second-order valence-electron chi connectivity index (χ2n) is 14.6. The van der Waals surface area contributed by atoms with Gasteiger partial charge in [0.05, 0.1) is 27.8 Å². The molecule has 4 heterocycles. The molecule has 266 valence electrons. The van der Waals surface area contributed by atoms with Gasteiger partial charge >= 0.3 is 0 Å². The summed E-state index contributed by atoms with van der Waals surface area (Å²) in [5.74, 6) is 0.590. The van der Waals surface area contributed by atoms with Crippen molar-refractivity contribution in [3.63, 3.8) is 0 Å². The van der Waals surface area contributed by atoms with Gasteiger partial charge in [-0.3, -0.25) is 4.57 Å². The molecule has 0 aliphatic rings. The van der Waals surface area contributed by atoms with Gasteiger partial charge in [0.2, 0.25) is 5.95 Å². The fourth-order valence-electron chi connectivity index (χ4n) is 8.77. The Bertz CT molecular complexity index is 3520. The molecule has 12 aromatic rings. The van der Waals surface area contributed by atoms with Gasteiger partial charge in [0.1, 0.15) is 16.8 Å². The maximum Gasteiger partial charge on any atom is 0.236 e. The van der Waals surface area contributed by atoms with E-state index in [-0.39, 0.29) is 0 Å². The zero-order chi connectivity index (χ0) is 37.5. The number of nitrogens with zero attached hydrogens (tertiary/aromatic N) is 4. The molecule has 0 aliphatic heterocycles. The van der Waals surface area contributed by atoms with E-state index in [1.807, 2.05) is 18.2 Å². The molecule has 0 fully saturated rings. The predicted octanol–water partition coefficient (Wildman–Crippen LogP) is 13.6. The lowest BCUT2D eigenvalue weighted by atomic mass is 10.0. The molecule has 8 aromatic carbocycles. The highest BCUT2D eigenvalue weighted by atomic mass is 16.3. The predicted molar refractivity (Wildman–Crippen MR) is 234 cm³/mol. The Hall–Kier alpha value is -7.76. The van der Waals surface area contributed by atoms with Crippen LogP contribution < -0.4 is 0 Å². The molecule has 0 saturated carbocycles. The maximum absolute atomic E-state index is 6.72. The molecule has 0 aliphatic carbocycles. The summed E-state index contributed by atoms with van der Waals surface area (Å²) in [4.78, 5) is 10.9. The van der Waals surface area contributed by atoms with Crippen molar-refractivity contribution in [3.8, 4) is 45.1 Å². The van der Waals surface area contributed by atoms with Crippen molar-refractivity contribution >= 4 is 65.7 Å². The summed E-state index contributed by atoms with van der Waals surface area (Å²) >= 11 is 0. The van der Waals surface area contributed by atoms with Gasteiger partial charge in [-0.05, 0) is 76.9 Å². The van der Waals surface area contributed by atoms with E-state index in [0.717, 1.165) is 66.3 Å². The van der Waals surface area contributed by atoms with Crippen LogP contribution in [-0.4, -0.2) is 19.1 Å². The van der Waals surface area contributed by atoms with Gasteiger partial charge in [-0.25, -0.2) is 9.97 Å². The Morgan fingerprint density at radius 3 is 1.54 bits per heavy atom. The fourth-order valence-corrected chi connectivity index (χ4v) is 8.77. The van der Waals surface area contributed by atoms with Crippen LogP contribution in [0.1, 0.15) is 0 Å². The number of benzene rings is 8. The Labute approximate surface area is 327 Å². The zero-order valence-corrected chi connectivity index (χ0v) is 30.7. The van der Waals surface area contributed by atoms with Crippen LogP contribution >= 0.6 is 0 Å². The third-order valence-electron chi connectivity index (χ3n) is 11.4. The molecule has 5 heteroatoms. The van der Waals surface area contributed by atoms with Gasteiger partial charge in [-0.2, -0.15) is 0 Å².